The highest BCUT2D eigenvalue weighted by Gasteiger charge is 2.36. The predicted molar refractivity (Wildman–Crippen MR) is 85.6 cm³/mol. The second kappa shape index (κ2) is 7.97. The van der Waals surface area contributed by atoms with Crippen LogP contribution in [0.2, 0.25) is 0 Å². The van der Waals surface area contributed by atoms with Crippen LogP contribution in [0.3, 0.4) is 0 Å². The molecule has 120 valence electrons. The summed E-state index contributed by atoms with van der Waals surface area (Å²) >= 11 is 0. The minimum Gasteiger partial charge on any atom is -0.329 e. The Kier molecular flexibility index (Phi) is 7.25. The molecule has 1 heterocycles. The summed E-state index contributed by atoms with van der Waals surface area (Å²) in [5, 5.41) is 0. The number of nitrogens with two attached hydrogens (primary N) is 1. The quantitative estimate of drug-likeness (QED) is 0.863. The maximum atomic E-state index is 12.6. The normalized spacial score (nSPS) is 29.9. The van der Waals surface area contributed by atoms with Crippen molar-refractivity contribution in [3.8, 4) is 0 Å². The van der Waals surface area contributed by atoms with Gasteiger partial charge < -0.3 is 5.73 Å². The lowest BCUT2D eigenvalue weighted by atomic mass is 9.91. The molecular weight excluding hydrogens is 296 g/mol. The second-order valence-corrected chi connectivity index (χ2v) is 8.28. The Morgan fingerprint density at radius 2 is 1.75 bits per heavy atom. The molecule has 0 bridgehead atoms. The first kappa shape index (κ1) is 18.2. The molecule has 0 spiro atoms. The highest BCUT2D eigenvalue weighted by atomic mass is 35.5. The molecule has 1 saturated heterocycles. The average molecular weight is 325 g/mol. The van der Waals surface area contributed by atoms with E-state index in [9.17, 15) is 8.42 Å². The van der Waals surface area contributed by atoms with Crippen molar-refractivity contribution < 1.29 is 8.42 Å². The van der Waals surface area contributed by atoms with Gasteiger partial charge in [0, 0.05) is 19.1 Å². The lowest BCUT2D eigenvalue weighted by Crippen LogP contribution is -2.52. The molecule has 4 nitrogen and oxygen atoms in total. The van der Waals surface area contributed by atoms with Crippen molar-refractivity contribution in [2.75, 3.05) is 18.8 Å². The van der Waals surface area contributed by atoms with E-state index in [0.29, 0.717) is 30.7 Å². The smallest absolute Gasteiger partial charge is 0.214 e. The summed E-state index contributed by atoms with van der Waals surface area (Å²) in [5.74, 6) is 1.10. The van der Waals surface area contributed by atoms with E-state index in [4.69, 9.17) is 5.73 Å². The standard InChI is InChI=1S/C14H28N2O2S.ClH/c1-12-6-5-9-16(14(12)10-15)19(17,18)11-13-7-3-2-4-8-13;/h12-14H,2-11,15H2,1H3;1H. The van der Waals surface area contributed by atoms with Crippen LogP contribution in [0.5, 0.6) is 0 Å². The zero-order valence-corrected chi connectivity index (χ0v) is 14.1. The molecule has 0 amide bonds. The first-order valence-corrected chi connectivity index (χ1v) is 9.35. The Labute approximate surface area is 129 Å². The zero-order chi connectivity index (χ0) is 13.9. The molecule has 0 radical (unpaired) electrons. The SMILES string of the molecule is CC1CCCN(S(=O)(=O)CC2CCCCC2)C1CN.Cl. The maximum Gasteiger partial charge on any atom is 0.214 e. The number of hydrogen-bond acceptors (Lipinski definition) is 3. The fourth-order valence-electron chi connectivity index (χ4n) is 3.65. The molecule has 1 aliphatic carbocycles. The Hall–Kier alpha value is 0.160. The lowest BCUT2D eigenvalue weighted by Gasteiger charge is -2.39. The number of hydrogen-bond donors (Lipinski definition) is 1. The molecule has 1 aliphatic heterocycles. The van der Waals surface area contributed by atoms with Crippen molar-refractivity contribution in [2.24, 2.45) is 17.6 Å². The summed E-state index contributed by atoms with van der Waals surface area (Å²) in [5.41, 5.74) is 5.81. The van der Waals surface area contributed by atoms with Gasteiger partial charge in [0.15, 0.2) is 0 Å². The molecule has 0 aromatic carbocycles. The largest absolute Gasteiger partial charge is 0.329 e. The highest BCUT2D eigenvalue weighted by Crippen LogP contribution is 2.29. The van der Waals surface area contributed by atoms with Crippen molar-refractivity contribution in [1.82, 2.24) is 4.31 Å². The molecule has 6 heteroatoms. The van der Waals surface area contributed by atoms with Gasteiger partial charge in [0.2, 0.25) is 10.0 Å². The lowest BCUT2D eigenvalue weighted by molar-refractivity contribution is 0.191. The van der Waals surface area contributed by atoms with Crippen molar-refractivity contribution in [3.05, 3.63) is 0 Å². The van der Waals surface area contributed by atoms with Crippen LogP contribution in [-0.2, 0) is 10.0 Å². The van der Waals surface area contributed by atoms with Gasteiger partial charge >= 0.3 is 0 Å². The van der Waals surface area contributed by atoms with Crippen LogP contribution < -0.4 is 5.73 Å². The minimum absolute atomic E-state index is 0. The van der Waals surface area contributed by atoms with Crippen LogP contribution in [0.4, 0.5) is 0 Å². The van der Waals surface area contributed by atoms with Crippen molar-refractivity contribution in [3.63, 3.8) is 0 Å². The van der Waals surface area contributed by atoms with E-state index in [2.05, 4.69) is 6.92 Å². The van der Waals surface area contributed by atoms with Crippen LogP contribution in [0.15, 0.2) is 0 Å². The fraction of sp³-hybridized carbons (Fsp3) is 1.00. The average Bonchev–Trinajstić information content (AvgIpc) is 2.39. The molecule has 2 N–H and O–H groups in total. The molecule has 20 heavy (non-hydrogen) atoms. The van der Waals surface area contributed by atoms with Crippen LogP contribution in [-0.4, -0.2) is 37.6 Å². The number of nitrogens with zero attached hydrogens (tertiary/aromatic N) is 1. The molecule has 2 rings (SSSR count). The zero-order valence-electron chi connectivity index (χ0n) is 12.5. The maximum absolute atomic E-state index is 12.6. The molecule has 1 saturated carbocycles. The van der Waals surface area contributed by atoms with E-state index in [1.807, 2.05) is 0 Å². The number of rotatable bonds is 4. The van der Waals surface area contributed by atoms with Gasteiger partial charge in [-0.3, -0.25) is 0 Å². The molecule has 2 unspecified atom stereocenters. The second-order valence-electron chi connectivity index (χ2n) is 6.32. The third-order valence-corrected chi connectivity index (χ3v) is 6.90. The highest BCUT2D eigenvalue weighted by molar-refractivity contribution is 7.89. The van der Waals surface area contributed by atoms with E-state index < -0.39 is 10.0 Å². The Bertz CT molecular complexity index is 383. The number of halogens is 1. The van der Waals surface area contributed by atoms with Crippen molar-refractivity contribution in [2.45, 2.75) is 57.9 Å². The Balaban J connectivity index is 0.00000200. The summed E-state index contributed by atoms with van der Waals surface area (Å²) in [4.78, 5) is 0. The van der Waals surface area contributed by atoms with Crippen LogP contribution in [0.25, 0.3) is 0 Å². The summed E-state index contributed by atoms with van der Waals surface area (Å²) < 4.78 is 27.0. The first-order valence-electron chi connectivity index (χ1n) is 7.74. The van der Waals surface area contributed by atoms with Gasteiger partial charge in [0.05, 0.1) is 5.75 Å². The fourth-order valence-corrected chi connectivity index (χ4v) is 5.89. The van der Waals surface area contributed by atoms with Gasteiger partial charge in [-0.2, -0.15) is 4.31 Å². The van der Waals surface area contributed by atoms with Gasteiger partial charge in [0.25, 0.3) is 0 Å². The van der Waals surface area contributed by atoms with E-state index in [0.717, 1.165) is 25.7 Å². The number of piperidine rings is 1. The van der Waals surface area contributed by atoms with E-state index >= 15 is 0 Å². The van der Waals surface area contributed by atoms with Gasteiger partial charge in [0.1, 0.15) is 0 Å². The molecule has 2 fully saturated rings. The summed E-state index contributed by atoms with van der Waals surface area (Å²) in [6.45, 7) is 3.24. The van der Waals surface area contributed by atoms with Gasteiger partial charge in [-0.15, -0.1) is 12.4 Å². The Morgan fingerprint density at radius 3 is 2.35 bits per heavy atom. The predicted octanol–water partition coefficient (Wildman–Crippen LogP) is 2.38. The summed E-state index contributed by atoms with van der Waals surface area (Å²) in [6, 6.07) is 0.0161. The van der Waals surface area contributed by atoms with Gasteiger partial charge in [-0.1, -0.05) is 26.2 Å². The summed E-state index contributed by atoms with van der Waals surface area (Å²) in [7, 11) is -3.12. The van der Waals surface area contributed by atoms with Crippen molar-refractivity contribution >= 4 is 22.4 Å². The summed E-state index contributed by atoms with van der Waals surface area (Å²) in [6.07, 6.45) is 7.88. The van der Waals surface area contributed by atoms with E-state index in [1.165, 1.54) is 19.3 Å². The third-order valence-electron chi connectivity index (χ3n) is 4.83. The van der Waals surface area contributed by atoms with E-state index in [-0.39, 0.29) is 18.4 Å². The molecule has 2 atom stereocenters. The van der Waals surface area contributed by atoms with Crippen LogP contribution >= 0.6 is 12.4 Å². The van der Waals surface area contributed by atoms with Crippen LogP contribution in [0, 0.1) is 11.8 Å². The molecule has 2 aliphatic rings. The molecule has 0 aromatic rings. The van der Waals surface area contributed by atoms with Gasteiger partial charge in [-0.05, 0) is 37.5 Å². The molecule has 0 aromatic heterocycles. The minimum atomic E-state index is -3.12. The Morgan fingerprint density at radius 1 is 1.10 bits per heavy atom. The van der Waals surface area contributed by atoms with Gasteiger partial charge in [-0.25, -0.2) is 8.42 Å². The topological polar surface area (TPSA) is 63.4 Å². The third kappa shape index (κ3) is 4.33. The monoisotopic (exact) mass is 324 g/mol. The van der Waals surface area contributed by atoms with Crippen LogP contribution in [0.1, 0.15) is 51.9 Å². The number of sulfonamides is 1. The first-order chi connectivity index (χ1) is 9.04. The molecular formula is C14H29ClN2O2S. The van der Waals surface area contributed by atoms with E-state index in [1.54, 1.807) is 4.31 Å². The van der Waals surface area contributed by atoms with Crippen molar-refractivity contribution in [1.29, 1.82) is 0 Å².